The molecule has 1 rings (SSSR count). The van der Waals surface area contributed by atoms with Gasteiger partial charge in [0.05, 0.1) is 0 Å². The molecule has 0 spiro atoms. The summed E-state index contributed by atoms with van der Waals surface area (Å²) in [7, 11) is 4.32. The van der Waals surface area contributed by atoms with Crippen LogP contribution < -0.4 is 5.32 Å². The van der Waals surface area contributed by atoms with Gasteiger partial charge in [0.1, 0.15) is 0 Å². The summed E-state index contributed by atoms with van der Waals surface area (Å²) in [5.74, 6) is 0.839. The van der Waals surface area contributed by atoms with Gasteiger partial charge in [0, 0.05) is 18.6 Å². The van der Waals surface area contributed by atoms with Gasteiger partial charge >= 0.3 is 0 Å². The number of rotatable bonds is 4. The second-order valence-corrected chi connectivity index (χ2v) is 7.08. The van der Waals surface area contributed by atoms with Crippen molar-refractivity contribution in [2.45, 2.75) is 65.5 Å². The highest BCUT2D eigenvalue weighted by Crippen LogP contribution is 2.37. The van der Waals surface area contributed by atoms with E-state index in [0.717, 1.165) is 18.5 Å². The van der Waals surface area contributed by atoms with Crippen molar-refractivity contribution in [3.05, 3.63) is 0 Å². The minimum Gasteiger partial charge on any atom is -0.312 e. The van der Waals surface area contributed by atoms with E-state index in [0.29, 0.717) is 11.5 Å². The third kappa shape index (κ3) is 4.59. The Morgan fingerprint density at radius 3 is 2.29 bits per heavy atom. The molecule has 2 nitrogen and oxygen atoms in total. The van der Waals surface area contributed by atoms with Gasteiger partial charge in [-0.1, -0.05) is 33.6 Å². The van der Waals surface area contributed by atoms with Gasteiger partial charge in [0.15, 0.2) is 0 Å². The van der Waals surface area contributed by atoms with Crippen molar-refractivity contribution < 1.29 is 0 Å². The fourth-order valence-corrected chi connectivity index (χ4v) is 2.92. The van der Waals surface area contributed by atoms with Gasteiger partial charge in [-0.25, -0.2) is 0 Å². The molecule has 1 aliphatic carbocycles. The van der Waals surface area contributed by atoms with Crippen LogP contribution in [-0.4, -0.2) is 37.6 Å². The fraction of sp³-hybridized carbons (Fsp3) is 1.00. The lowest BCUT2D eigenvalue weighted by atomic mass is 9.69. The molecule has 17 heavy (non-hydrogen) atoms. The molecular formula is C15H32N2. The molecule has 3 unspecified atom stereocenters. The number of nitrogens with one attached hydrogen (secondary N) is 1. The maximum Gasteiger partial charge on any atom is 0.0186 e. The first-order valence-electron chi connectivity index (χ1n) is 7.22. The first kappa shape index (κ1) is 15.0. The minimum atomic E-state index is 0.444. The standard InChI is InChI=1S/C15H32N2/c1-12(17(5)6)11-16-14-10-8-7-9-13(14)15(2,3)4/h12-14,16H,7-11H2,1-6H3. The molecule has 102 valence electrons. The second-order valence-electron chi connectivity index (χ2n) is 7.08. The summed E-state index contributed by atoms with van der Waals surface area (Å²) in [5, 5.41) is 3.82. The van der Waals surface area contributed by atoms with Gasteiger partial charge in [-0.2, -0.15) is 0 Å². The Morgan fingerprint density at radius 1 is 1.18 bits per heavy atom. The lowest BCUT2D eigenvalue weighted by molar-refractivity contribution is 0.125. The van der Waals surface area contributed by atoms with Crippen LogP contribution in [0.25, 0.3) is 0 Å². The van der Waals surface area contributed by atoms with Crippen molar-refractivity contribution in [1.29, 1.82) is 0 Å². The Balaban J connectivity index is 2.49. The van der Waals surface area contributed by atoms with Gasteiger partial charge in [0.2, 0.25) is 0 Å². The van der Waals surface area contributed by atoms with Gasteiger partial charge in [-0.05, 0) is 45.2 Å². The van der Waals surface area contributed by atoms with Crippen molar-refractivity contribution in [3.63, 3.8) is 0 Å². The van der Waals surface area contributed by atoms with Crippen LogP contribution in [0.2, 0.25) is 0 Å². The largest absolute Gasteiger partial charge is 0.312 e. The average molecular weight is 240 g/mol. The minimum absolute atomic E-state index is 0.444. The monoisotopic (exact) mass is 240 g/mol. The lowest BCUT2D eigenvalue weighted by Gasteiger charge is -2.41. The molecule has 1 fully saturated rings. The molecule has 0 bridgehead atoms. The van der Waals surface area contributed by atoms with Gasteiger partial charge in [-0.15, -0.1) is 0 Å². The van der Waals surface area contributed by atoms with Crippen LogP contribution in [-0.2, 0) is 0 Å². The van der Waals surface area contributed by atoms with Crippen molar-refractivity contribution in [1.82, 2.24) is 10.2 Å². The summed E-state index contributed by atoms with van der Waals surface area (Å²) in [6.45, 7) is 10.6. The molecule has 2 heteroatoms. The van der Waals surface area contributed by atoms with Gasteiger partial charge in [-0.3, -0.25) is 0 Å². The van der Waals surface area contributed by atoms with Crippen LogP contribution in [0.15, 0.2) is 0 Å². The smallest absolute Gasteiger partial charge is 0.0186 e. The highest BCUT2D eigenvalue weighted by Gasteiger charge is 2.33. The predicted molar refractivity (Wildman–Crippen MR) is 76.4 cm³/mol. The first-order chi connectivity index (χ1) is 7.82. The maximum atomic E-state index is 3.82. The molecule has 0 heterocycles. The van der Waals surface area contributed by atoms with Gasteiger partial charge in [0.25, 0.3) is 0 Å². The zero-order chi connectivity index (χ0) is 13.1. The molecule has 0 amide bonds. The van der Waals surface area contributed by atoms with E-state index in [1.165, 1.54) is 25.7 Å². The topological polar surface area (TPSA) is 15.3 Å². The molecule has 0 aromatic carbocycles. The number of likely N-dealkylation sites (N-methyl/N-ethyl adjacent to an activating group) is 1. The molecule has 0 saturated heterocycles. The molecule has 1 saturated carbocycles. The zero-order valence-electron chi connectivity index (χ0n) is 12.7. The predicted octanol–water partition coefficient (Wildman–Crippen LogP) is 3.13. The summed E-state index contributed by atoms with van der Waals surface area (Å²) in [5.41, 5.74) is 0.444. The second kappa shape index (κ2) is 6.19. The summed E-state index contributed by atoms with van der Waals surface area (Å²) in [6.07, 6.45) is 5.59. The van der Waals surface area contributed by atoms with Crippen LogP contribution in [0.5, 0.6) is 0 Å². The number of hydrogen-bond donors (Lipinski definition) is 1. The molecule has 3 atom stereocenters. The quantitative estimate of drug-likeness (QED) is 0.812. The molecule has 0 aromatic rings. The first-order valence-corrected chi connectivity index (χ1v) is 7.22. The van der Waals surface area contributed by atoms with E-state index >= 15 is 0 Å². The van der Waals surface area contributed by atoms with Crippen molar-refractivity contribution >= 4 is 0 Å². The van der Waals surface area contributed by atoms with E-state index in [1.807, 2.05) is 0 Å². The Hall–Kier alpha value is -0.0800. The van der Waals surface area contributed by atoms with Crippen LogP contribution in [0.3, 0.4) is 0 Å². The third-order valence-corrected chi connectivity index (χ3v) is 4.44. The van der Waals surface area contributed by atoms with E-state index in [9.17, 15) is 0 Å². The summed E-state index contributed by atoms with van der Waals surface area (Å²) < 4.78 is 0. The number of nitrogens with zero attached hydrogens (tertiary/aromatic N) is 1. The Morgan fingerprint density at radius 2 is 1.76 bits per heavy atom. The van der Waals surface area contributed by atoms with Crippen LogP contribution in [0, 0.1) is 11.3 Å². The van der Waals surface area contributed by atoms with Gasteiger partial charge < -0.3 is 10.2 Å². The molecule has 0 aromatic heterocycles. The van der Waals surface area contributed by atoms with Crippen molar-refractivity contribution in [3.8, 4) is 0 Å². The van der Waals surface area contributed by atoms with Crippen LogP contribution >= 0.6 is 0 Å². The molecule has 1 aliphatic rings. The lowest BCUT2D eigenvalue weighted by Crippen LogP contribution is -2.48. The summed E-state index contributed by atoms with van der Waals surface area (Å²) in [6, 6.07) is 1.35. The fourth-order valence-electron chi connectivity index (χ4n) is 2.92. The third-order valence-electron chi connectivity index (χ3n) is 4.44. The molecular weight excluding hydrogens is 208 g/mol. The summed E-state index contributed by atoms with van der Waals surface area (Å²) in [4.78, 5) is 2.29. The highest BCUT2D eigenvalue weighted by molar-refractivity contribution is 4.88. The maximum absolute atomic E-state index is 3.82. The average Bonchev–Trinajstić information content (AvgIpc) is 2.24. The number of hydrogen-bond acceptors (Lipinski definition) is 2. The van der Waals surface area contributed by atoms with E-state index < -0.39 is 0 Å². The van der Waals surface area contributed by atoms with Crippen LogP contribution in [0.1, 0.15) is 53.4 Å². The van der Waals surface area contributed by atoms with E-state index in [4.69, 9.17) is 0 Å². The summed E-state index contributed by atoms with van der Waals surface area (Å²) >= 11 is 0. The van der Waals surface area contributed by atoms with Crippen LogP contribution in [0.4, 0.5) is 0 Å². The zero-order valence-corrected chi connectivity index (χ0v) is 12.7. The van der Waals surface area contributed by atoms with E-state index in [-0.39, 0.29) is 0 Å². The SMILES string of the molecule is CC(CNC1CCCCC1C(C)(C)C)N(C)C. The molecule has 0 radical (unpaired) electrons. The molecule has 1 N–H and O–H groups in total. The Labute approximate surface area is 108 Å². The van der Waals surface area contributed by atoms with E-state index in [1.54, 1.807) is 0 Å². The Kier molecular flexibility index (Phi) is 5.46. The van der Waals surface area contributed by atoms with Crippen molar-refractivity contribution in [2.75, 3.05) is 20.6 Å². The van der Waals surface area contributed by atoms with Crippen molar-refractivity contribution in [2.24, 2.45) is 11.3 Å². The highest BCUT2D eigenvalue weighted by atomic mass is 15.1. The Bertz CT molecular complexity index is 217. The molecule has 0 aliphatic heterocycles. The normalized spacial score (nSPS) is 28.4. The van der Waals surface area contributed by atoms with E-state index in [2.05, 4.69) is 52.0 Å².